The van der Waals surface area contributed by atoms with Crippen LogP contribution in [0.4, 0.5) is 5.69 Å². The van der Waals surface area contributed by atoms with E-state index in [0.717, 1.165) is 19.6 Å². The van der Waals surface area contributed by atoms with Crippen molar-refractivity contribution in [2.45, 2.75) is 25.2 Å². The van der Waals surface area contributed by atoms with Crippen LogP contribution in [0.5, 0.6) is 0 Å². The van der Waals surface area contributed by atoms with Gasteiger partial charge in [0.1, 0.15) is 0 Å². The average Bonchev–Trinajstić information content (AvgIpc) is 2.93. The van der Waals surface area contributed by atoms with Crippen LogP contribution >= 0.6 is 0 Å². The van der Waals surface area contributed by atoms with Gasteiger partial charge in [0.25, 0.3) is 0 Å². The molecule has 24 heavy (non-hydrogen) atoms. The molecule has 1 aromatic carbocycles. The lowest BCUT2D eigenvalue weighted by Gasteiger charge is -2.17. The summed E-state index contributed by atoms with van der Waals surface area (Å²) in [6, 6.07) is 4.65. The number of rotatable bonds is 10. The SMILES string of the molecule is CCN(CC)CCOCCNS(=O)(=O)c1ccc2c(c1)CC(=O)N2. The van der Waals surface area contributed by atoms with Crippen LogP contribution in [0.1, 0.15) is 19.4 Å². The second-order valence-corrected chi connectivity index (χ2v) is 7.35. The van der Waals surface area contributed by atoms with Gasteiger partial charge in [-0.1, -0.05) is 13.8 Å². The first kappa shape index (κ1) is 18.9. The molecule has 0 atom stereocenters. The van der Waals surface area contributed by atoms with Gasteiger partial charge in [-0.05, 0) is 36.9 Å². The Morgan fingerprint density at radius 1 is 1.25 bits per heavy atom. The second kappa shape index (κ2) is 8.57. The van der Waals surface area contributed by atoms with E-state index >= 15 is 0 Å². The Bertz CT molecular complexity index is 672. The summed E-state index contributed by atoms with van der Waals surface area (Å²) >= 11 is 0. The first-order valence-corrected chi connectivity index (χ1v) is 9.67. The summed E-state index contributed by atoms with van der Waals surface area (Å²) in [7, 11) is -3.59. The number of anilines is 1. The lowest BCUT2D eigenvalue weighted by atomic mass is 10.2. The Morgan fingerprint density at radius 2 is 2.00 bits per heavy atom. The Hall–Kier alpha value is -1.48. The van der Waals surface area contributed by atoms with E-state index in [1.807, 2.05) is 0 Å². The molecular formula is C16H25N3O4S. The van der Waals surface area contributed by atoms with Gasteiger partial charge in [0.2, 0.25) is 15.9 Å². The summed E-state index contributed by atoms with van der Waals surface area (Å²) in [5.41, 5.74) is 1.39. The van der Waals surface area contributed by atoms with Crippen LogP contribution in [0.2, 0.25) is 0 Å². The summed E-state index contributed by atoms with van der Waals surface area (Å²) in [6.07, 6.45) is 0.215. The van der Waals surface area contributed by atoms with Gasteiger partial charge in [-0.3, -0.25) is 4.79 Å². The van der Waals surface area contributed by atoms with Crippen molar-refractivity contribution in [1.82, 2.24) is 9.62 Å². The minimum absolute atomic E-state index is 0.117. The maximum Gasteiger partial charge on any atom is 0.240 e. The van der Waals surface area contributed by atoms with Gasteiger partial charge in [0.05, 0.1) is 24.5 Å². The van der Waals surface area contributed by atoms with Gasteiger partial charge in [0.15, 0.2) is 0 Å². The highest BCUT2D eigenvalue weighted by Gasteiger charge is 2.21. The molecule has 1 aliphatic heterocycles. The highest BCUT2D eigenvalue weighted by Crippen LogP contribution is 2.25. The number of nitrogens with one attached hydrogen (secondary N) is 2. The normalized spacial score (nSPS) is 14.0. The van der Waals surface area contributed by atoms with Crippen molar-refractivity contribution in [3.8, 4) is 0 Å². The fraction of sp³-hybridized carbons (Fsp3) is 0.562. The molecule has 0 unspecified atom stereocenters. The monoisotopic (exact) mass is 355 g/mol. The van der Waals surface area contributed by atoms with Crippen molar-refractivity contribution < 1.29 is 17.9 Å². The van der Waals surface area contributed by atoms with E-state index in [1.54, 1.807) is 6.07 Å². The highest BCUT2D eigenvalue weighted by molar-refractivity contribution is 7.89. The van der Waals surface area contributed by atoms with Gasteiger partial charge in [0, 0.05) is 18.8 Å². The van der Waals surface area contributed by atoms with Crippen LogP contribution in [0.25, 0.3) is 0 Å². The molecule has 2 N–H and O–H groups in total. The van der Waals surface area contributed by atoms with Crippen LogP contribution in [-0.4, -0.2) is 58.6 Å². The molecule has 0 saturated carbocycles. The maximum absolute atomic E-state index is 12.3. The van der Waals surface area contributed by atoms with Crippen LogP contribution in [0.15, 0.2) is 23.1 Å². The van der Waals surface area contributed by atoms with Crippen molar-refractivity contribution in [3.05, 3.63) is 23.8 Å². The molecule has 0 aliphatic carbocycles. The fourth-order valence-corrected chi connectivity index (χ4v) is 3.60. The summed E-state index contributed by atoms with van der Waals surface area (Å²) in [4.78, 5) is 13.7. The number of nitrogens with zero attached hydrogens (tertiary/aromatic N) is 1. The lowest BCUT2D eigenvalue weighted by molar-refractivity contribution is -0.115. The van der Waals surface area contributed by atoms with E-state index in [2.05, 4.69) is 28.8 Å². The molecule has 1 amide bonds. The fourth-order valence-electron chi connectivity index (χ4n) is 2.54. The smallest absolute Gasteiger partial charge is 0.240 e. The first-order valence-electron chi connectivity index (χ1n) is 8.18. The van der Waals surface area contributed by atoms with Gasteiger partial charge in [-0.15, -0.1) is 0 Å². The lowest BCUT2D eigenvalue weighted by Crippen LogP contribution is -2.30. The van der Waals surface area contributed by atoms with E-state index in [4.69, 9.17) is 4.74 Å². The van der Waals surface area contributed by atoms with E-state index in [0.29, 0.717) is 24.5 Å². The molecule has 1 aromatic rings. The summed E-state index contributed by atoms with van der Waals surface area (Å²) in [6.45, 7) is 8.10. The number of carbonyl (C=O) groups is 1. The molecular weight excluding hydrogens is 330 g/mol. The maximum atomic E-state index is 12.3. The minimum Gasteiger partial charge on any atom is -0.379 e. The highest BCUT2D eigenvalue weighted by atomic mass is 32.2. The quantitative estimate of drug-likeness (QED) is 0.607. The number of fused-ring (bicyclic) bond motifs is 1. The number of amides is 1. The van der Waals surface area contributed by atoms with Gasteiger partial charge in [-0.2, -0.15) is 0 Å². The third kappa shape index (κ3) is 5.01. The molecule has 8 heteroatoms. The third-order valence-electron chi connectivity index (χ3n) is 4.00. The number of benzene rings is 1. The molecule has 0 saturated heterocycles. The molecule has 7 nitrogen and oxygen atoms in total. The molecule has 1 aliphatic rings. The van der Waals surface area contributed by atoms with Crippen molar-refractivity contribution in [2.75, 3.05) is 44.7 Å². The van der Waals surface area contributed by atoms with Gasteiger partial charge >= 0.3 is 0 Å². The van der Waals surface area contributed by atoms with Crippen molar-refractivity contribution in [3.63, 3.8) is 0 Å². The van der Waals surface area contributed by atoms with Crippen LogP contribution < -0.4 is 10.0 Å². The van der Waals surface area contributed by atoms with Crippen LogP contribution in [0, 0.1) is 0 Å². The zero-order chi connectivity index (χ0) is 17.6. The topological polar surface area (TPSA) is 87.7 Å². The van der Waals surface area contributed by atoms with Crippen LogP contribution in [0.3, 0.4) is 0 Å². The molecule has 0 fully saturated rings. The number of ether oxygens (including phenoxy) is 1. The zero-order valence-electron chi connectivity index (χ0n) is 14.2. The zero-order valence-corrected chi connectivity index (χ0v) is 15.0. The number of likely N-dealkylation sites (N-methyl/N-ethyl adjacent to an activating group) is 1. The first-order chi connectivity index (χ1) is 11.5. The van der Waals surface area contributed by atoms with E-state index in [9.17, 15) is 13.2 Å². The Morgan fingerprint density at radius 3 is 2.71 bits per heavy atom. The van der Waals surface area contributed by atoms with Crippen molar-refractivity contribution in [2.24, 2.45) is 0 Å². The van der Waals surface area contributed by atoms with E-state index in [-0.39, 0.29) is 23.8 Å². The average molecular weight is 355 g/mol. The Labute approximate surface area is 143 Å². The number of carbonyl (C=O) groups excluding carboxylic acids is 1. The van der Waals surface area contributed by atoms with Crippen molar-refractivity contribution in [1.29, 1.82) is 0 Å². The van der Waals surface area contributed by atoms with E-state index < -0.39 is 10.0 Å². The second-order valence-electron chi connectivity index (χ2n) is 5.58. The molecule has 0 bridgehead atoms. The Kier molecular flexibility index (Phi) is 6.73. The molecule has 1 heterocycles. The van der Waals surface area contributed by atoms with Crippen molar-refractivity contribution >= 4 is 21.6 Å². The van der Waals surface area contributed by atoms with E-state index in [1.165, 1.54) is 12.1 Å². The van der Waals surface area contributed by atoms with Crippen LogP contribution in [-0.2, 0) is 26.0 Å². The third-order valence-corrected chi connectivity index (χ3v) is 5.46. The predicted molar refractivity (Wildman–Crippen MR) is 92.6 cm³/mol. The largest absolute Gasteiger partial charge is 0.379 e. The Balaban J connectivity index is 1.78. The number of sulfonamides is 1. The minimum atomic E-state index is -3.59. The standard InChI is InChI=1S/C16H25N3O4S/c1-3-19(4-2)8-10-23-9-7-17-24(21,22)14-5-6-15-13(11-14)12-16(20)18-15/h5-6,11,17H,3-4,7-10,12H2,1-2H3,(H,18,20). The van der Waals surface area contributed by atoms with Gasteiger partial charge in [-0.25, -0.2) is 13.1 Å². The molecule has 0 spiro atoms. The predicted octanol–water partition coefficient (Wildman–Crippen LogP) is 0.818. The molecule has 0 radical (unpaired) electrons. The number of hydrogen-bond donors (Lipinski definition) is 2. The number of hydrogen-bond acceptors (Lipinski definition) is 5. The summed E-state index contributed by atoms with van der Waals surface area (Å²) in [5, 5.41) is 2.68. The summed E-state index contributed by atoms with van der Waals surface area (Å²) in [5.74, 6) is -0.117. The molecule has 134 valence electrons. The van der Waals surface area contributed by atoms with Gasteiger partial charge < -0.3 is 15.0 Å². The summed E-state index contributed by atoms with van der Waals surface area (Å²) < 4.78 is 32.5. The molecule has 0 aromatic heterocycles. The molecule has 2 rings (SSSR count).